The fourth-order valence-electron chi connectivity index (χ4n) is 7.13. The maximum atomic E-state index is 14.8. The van der Waals surface area contributed by atoms with E-state index in [1.165, 1.54) is 42.2 Å². The zero-order valence-electron chi connectivity index (χ0n) is 25.3. The molecular formula is C32H36FN3O7S. The van der Waals surface area contributed by atoms with Gasteiger partial charge in [0.25, 0.3) is 5.56 Å². The number of rotatable bonds is 9. The Labute approximate surface area is 257 Å². The molecule has 234 valence electrons. The zero-order chi connectivity index (χ0) is 31.6. The Morgan fingerprint density at radius 3 is 2.55 bits per heavy atom. The van der Waals surface area contributed by atoms with E-state index in [1.807, 2.05) is 24.3 Å². The predicted molar refractivity (Wildman–Crippen MR) is 163 cm³/mol. The van der Waals surface area contributed by atoms with Crippen LogP contribution >= 0.6 is 11.3 Å². The summed E-state index contributed by atoms with van der Waals surface area (Å²) in [5.74, 6) is -0.00805. The number of aliphatic carboxylic acids is 1. The van der Waals surface area contributed by atoms with Crippen LogP contribution in [-0.4, -0.2) is 44.1 Å². The quantitative estimate of drug-likeness (QED) is 0.252. The molecule has 6 rings (SSSR count). The van der Waals surface area contributed by atoms with Gasteiger partial charge in [0.05, 0.1) is 36.2 Å². The van der Waals surface area contributed by atoms with E-state index in [2.05, 4.69) is 4.98 Å². The second-order valence-electron chi connectivity index (χ2n) is 12.8. The number of fused-ring (bicyclic) bond motifs is 2. The standard InChI is InChI=1S/C32H36FN3O7S/c1-17-24-27(37)36(31(2,3)29(38)39)30(40)35(28(24)44-25(17)26-34-10-11-42-26)16-23(21-8-6-7-9-22(21)41-5)43-20-12-18-14-32(4,33)15-19(18)13-20/h6-11,18-20,23H,12-16H2,1-5H3,(H,38,39)/t18-,19+,20?,23?,32?. The van der Waals surface area contributed by atoms with Gasteiger partial charge in [0, 0.05) is 5.56 Å². The highest BCUT2D eigenvalue weighted by atomic mass is 32.1. The van der Waals surface area contributed by atoms with Gasteiger partial charge in [0.2, 0.25) is 5.89 Å². The van der Waals surface area contributed by atoms with Crippen molar-refractivity contribution in [1.29, 1.82) is 0 Å². The van der Waals surface area contributed by atoms with E-state index in [1.54, 1.807) is 21.0 Å². The summed E-state index contributed by atoms with van der Waals surface area (Å²) in [7, 11) is 1.56. The molecule has 0 aliphatic heterocycles. The molecule has 44 heavy (non-hydrogen) atoms. The third-order valence-electron chi connectivity index (χ3n) is 9.29. The van der Waals surface area contributed by atoms with Crippen molar-refractivity contribution in [2.45, 2.75) is 83.3 Å². The molecule has 2 aliphatic rings. The first-order valence-electron chi connectivity index (χ1n) is 14.7. The molecule has 2 fully saturated rings. The number of aromatic nitrogens is 3. The molecule has 3 aromatic heterocycles. The number of carboxylic acids is 1. The van der Waals surface area contributed by atoms with E-state index < -0.39 is 34.5 Å². The molecule has 0 amide bonds. The molecule has 3 heterocycles. The fraction of sp³-hybridized carbons (Fsp3) is 0.500. The summed E-state index contributed by atoms with van der Waals surface area (Å²) in [4.78, 5) is 45.7. The minimum Gasteiger partial charge on any atom is -0.496 e. The Morgan fingerprint density at radius 1 is 1.25 bits per heavy atom. The van der Waals surface area contributed by atoms with Gasteiger partial charge in [-0.15, -0.1) is 11.3 Å². The van der Waals surface area contributed by atoms with Crippen molar-refractivity contribution in [2.24, 2.45) is 11.8 Å². The van der Waals surface area contributed by atoms with Crippen LogP contribution in [0.1, 0.15) is 63.7 Å². The van der Waals surface area contributed by atoms with Gasteiger partial charge in [-0.2, -0.15) is 0 Å². The van der Waals surface area contributed by atoms with Crippen LogP contribution in [0, 0.1) is 18.8 Å². The molecule has 12 heteroatoms. The summed E-state index contributed by atoms with van der Waals surface area (Å²) in [5, 5.41) is 10.3. The summed E-state index contributed by atoms with van der Waals surface area (Å²) in [6.07, 6.45) is 4.47. The molecule has 5 atom stereocenters. The van der Waals surface area contributed by atoms with E-state index in [0.717, 1.165) is 4.57 Å². The lowest BCUT2D eigenvalue weighted by Crippen LogP contribution is -2.52. The largest absolute Gasteiger partial charge is 0.496 e. The number of para-hydroxylation sites is 1. The van der Waals surface area contributed by atoms with Crippen LogP contribution in [0.25, 0.3) is 21.0 Å². The second-order valence-corrected chi connectivity index (χ2v) is 13.8. The molecule has 0 spiro atoms. The number of hydrogen-bond acceptors (Lipinski definition) is 8. The molecule has 1 aromatic carbocycles. The Balaban J connectivity index is 1.51. The number of methoxy groups -OCH3 is 1. The molecule has 0 radical (unpaired) electrons. The van der Waals surface area contributed by atoms with Crippen molar-refractivity contribution in [3.8, 4) is 16.5 Å². The molecule has 0 saturated heterocycles. The SMILES string of the molecule is COc1ccccc1C(Cn1c(=O)n(C(C)(C)C(=O)O)c(=O)c2c(C)c(-c3ncco3)sc21)OC1C[C@@H]2CC(C)(F)C[C@@H]2C1. The van der Waals surface area contributed by atoms with E-state index >= 15 is 0 Å². The van der Waals surface area contributed by atoms with Crippen molar-refractivity contribution in [3.63, 3.8) is 0 Å². The van der Waals surface area contributed by atoms with Crippen LogP contribution in [0.3, 0.4) is 0 Å². The normalized spacial score (nSPS) is 24.1. The first-order valence-corrected chi connectivity index (χ1v) is 15.5. The smallest absolute Gasteiger partial charge is 0.333 e. The van der Waals surface area contributed by atoms with Crippen LogP contribution in [0.5, 0.6) is 5.75 Å². The Bertz CT molecular complexity index is 1820. The van der Waals surface area contributed by atoms with Gasteiger partial charge in [-0.25, -0.2) is 23.5 Å². The lowest BCUT2D eigenvalue weighted by Gasteiger charge is -2.28. The molecule has 4 aromatic rings. The van der Waals surface area contributed by atoms with Gasteiger partial charge >= 0.3 is 11.7 Å². The fourth-order valence-corrected chi connectivity index (χ4v) is 8.37. The van der Waals surface area contributed by atoms with Crippen LogP contribution in [0.15, 0.2) is 50.7 Å². The van der Waals surface area contributed by atoms with Crippen LogP contribution < -0.4 is 16.0 Å². The van der Waals surface area contributed by atoms with E-state index in [-0.39, 0.29) is 29.9 Å². The number of ether oxygens (including phenoxy) is 2. The molecule has 1 N–H and O–H groups in total. The van der Waals surface area contributed by atoms with Crippen LogP contribution in [0.2, 0.25) is 0 Å². The number of nitrogens with zero attached hydrogens (tertiary/aromatic N) is 3. The van der Waals surface area contributed by atoms with Crippen molar-refractivity contribution in [2.75, 3.05) is 7.11 Å². The van der Waals surface area contributed by atoms with Crippen molar-refractivity contribution >= 4 is 27.5 Å². The lowest BCUT2D eigenvalue weighted by atomic mass is 10.0. The van der Waals surface area contributed by atoms with Gasteiger partial charge in [-0.05, 0) is 76.8 Å². The molecule has 2 saturated carbocycles. The minimum atomic E-state index is -1.84. The van der Waals surface area contributed by atoms with E-state index in [9.17, 15) is 23.9 Å². The maximum Gasteiger partial charge on any atom is 0.333 e. The summed E-state index contributed by atoms with van der Waals surface area (Å²) in [6.45, 7) is 6.03. The Morgan fingerprint density at radius 2 is 1.93 bits per heavy atom. The Kier molecular flexibility index (Phi) is 7.56. The second kappa shape index (κ2) is 11.0. The zero-order valence-corrected chi connectivity index (χ0v) is 26.2. The third kappa shape index (κ3) is 5.07. The number of oxazole rings is 1. The first-order chi connectivity index (χ1) is 20.8. The summed E-state index contributed by atoms with van der Waals surface area (Å²) >= 11 is 1.18. The lowest BCUT2D eigenvalue weighted by molar-refractivity contribution is -0.146. The maximum absolute atomic E-state index is 14.8. The molecule has 2 aliphatic carbocycles. The van der Waals surface area contributed by atoms with Gasteiger partial charge in [0.1, 0.15) is 34.2 Å². The highest BCUT2D eigenvalue weighted by Crippen LogP contribution is 2.52. The minimum absolute atomic E-state index is 0.0245. The summed E-state index contributed by atoms with van der Waals surface area (Å²) < 4.78 is 35.0. The van der Waals surface area contributed by atoms with Gasteiger partial charge in [0.15, 0.2) is 0 Å². The number of alkyl halides is 1. The third-order valence-corrected chi connectivity index (χ3v) is 10.6. The van der Waals surface area contributed by atoms with Gasteiger partial charge in [-0.1, -0.05) is 18.2 Å². The monoisotopic (exact) mass is 625 g/mol. The van der Waals surface area contributed by atoms with E-state index in [4.69, 9.17) is 13.9 Å². The molecule has 0 bridgehead atoms. The van der Waals surface area contributed by atoms with Crippen molar-refractivity contribution in [3.05, 3.63) is 68.7 Å². The number of thiophene rings is 1. The number of carbonyl (C=O) groups is 1. The van der Waals surface area contributed by atoms with Gasteiger partial charge in [-0.3, -0.25) is 9.36 Å². The number of hydrogen-bond donors (Lipinski definition) is 1. The average Bonchev–Trinajstić information content (AvgIpc) is 3.73. The van der Waals surface area contributed by atoms with Crippen molar-refractivity contribution < 1.29 is 28.2 Å². The predicted octanol–water partition coefficient (Wildman–Crippen LogP) is 5.69. The number of halogens is 1. The highest BCUT2D eigenvalue weighted by molar-refractivity contribution is 7.22. The highest BCUT2D eigenvalue weighted by Gasteiger charge is 2.48. The van der Waals surface area contributed by atoms with E-state index in [0.29, 0.717) is 58.2 Å². The van der Waals surface area contributed by atoms with Gasteiger partial charge < -0.3 is 19.0 Å². The van der Waals surface area contributed by atoms with Crippen molar-refractivity contribution in [1.82, 2.24) is 14.1 Å². The number of carboxylic acid groups (broad SMARTS) is 1. The first kappa shape index (κ1) is 30.3. The summed E-state index contributed by atoms with van der Waals surface area (Å²) in [6, 6.07) is 7.38. The average molecular weight is 626 g/mol. The van der Waals surface area contributed by atoms with Crippen LogP contribution in [-0.2, 0) is 21.6 Å². The topological polar surface area (TPSA) is 126 Å². The number of benzene rings is 1. The Hall–Kier alpha value is -3.77. The number of aryl methyl sites for hydroxylation is 1. The molecule has 3 unspecified atom stereocenters. The molecular weight excluding hydrogens is 589 g/mol. The summed E-state index contributed by atoms with van der Waals surface area (Å²) in [5.41, 5.74) is -3.23. The molecule has 10 nitrogen and oxygen atoms in total. The van der Waals surface area contributed by atoms with Crippen LogP contribution in [0.4, 0.5) is 4.39 Å².